The minimum absolute atomic E-state index is 0.408. The Labute approximate surface area is 107 Å². The predicted octanol–water partition coefficient (Wildman–Crippen LogP) is 1.80. The average Bonchev–Trinajstić information content (AvgIpc) is 2.29. The fourth-order valence-electron chi connectivity index (χ4n) is 1.02. The van der Waals surface area contributed by atoms with Crippen molar-refractivity contribution in [2.45, 2.75) is 0 Å². The van der Waals surface area contributed by atoms with Gasteiger partial charge in [-0.25, -0.2) is 4.79 Å². The summed E-state index contributed by atoms with van der Waals surface area (Å²) in [6.45, 7) is -0.408. The van der Waals surface area contributed by atoms with E-state index in [9.17, 15) is 9.59 Å². The van der Waals surface area contributed by atoms with Crippen molar-refractivity contribution in [2.75, 3.05) is 6.54 Å². The molecule has 3 N–H and O–H groups in total. The van der Waals surface area contributed by atoms with E-state index < -0.39 is 18.5 Å². The number of hydrogen-bond acceptors (Lipinski definition) is 2. The lowest BCUT2D eigenvalue weighted by atomic mass is 10.2. The molecule has 0 spiro atoms. The number of carbonyl (C=O) groups is 2. The van der Waals surface area contributed by atoms with E-state index in [0.29, 0.717) is 0 Å². The van der Waals surface area contributed by atoms with E-state index in [1.54, 1.807) is 6.08 Å². The number of halogens is 1. The largest absolute Gasteiger partial charge is 0.480 e. The van der Waals surface area contributed by atoms with Gasteiger partial charge in [-0.05, 0) is 17.7 Å². The molecule has 5 nitrogen and oxygen atoms in total. The summed E-state index contributed by atoms with van der Waals surface area (Å²) >= 11 is 3.36. The van der Waals surface area contributed by atoms with Crippen LogP contribution < -0.4 is 10.6 Å². The lowest BCUT2D eigenvalue weighted by molar-refractivity contribution is -0.135. The standard InChI is InChI=1S/C11H11BrN2O3/c12-9-4-2-1-3-8(9)5-6-13-11(17)14-7-10(15)16/h1-6H,7H2,(H,15,16)(H2,13,14,17)/b6-5+. The number of benzene rings is 1. The molecule has 0 fully saturated rings. The summed E-state index contributed by atoms with van der Waals surface area (Å²) in [5.74, 6) is -1.09. The fraction of sp³-hybridized carbons (Fsp3) is 0.0909. The van der Waals surface area contributed by atoms with Crippen molar-refractivity contribution in [2.24, 2.45) is 0 Å². The Kier molecular flexibility index (Phi) is 5.22. The molecule has 1 rings (SSSR count). The van der Waals surface area contributed by atoms with Gasteiger partial charge < -0.3 is 15.7 Å². The lowest BCUT2D eigenvalue weighted by Gasteiger charge is -2.01. The molecular weight excluding hydrogens is 288 g/mol. The monoisotopic (exact) mass is 298 g/mol. The fourth-order valence-corrected chi connectivity index (χ4v) is 1.44. The highest BCUT2D eigenvalue weighted by atomic mass is 79.9. The molecule has 0 aromatic heterocycles. The Morgan fingerprint density at radius 3 is 2.71 bits per heavy atom. The number of urea groups is 1. The first kappa shape index (κ1) is 13.2. The van der Waals surface area contributed by atoms with Crippen LogP contribution in [0.5, 0.6) is 0 Å². The summed E-state index contributed by atoms with van der Waals surface area (Å²) in [5.41, 5.74) is 0.908. The number of carbonyl (C=O) groups excluding carboxylic acids is 1. The zero-order valence-corrected chi connectivity index (χ0v) is 10.4. The summed E-state index contributed by atoms with van der Waals surface area (Å²) in [7, 11) is 0. The zero-order valence-electron chi connectivity index (χ0n) is 8.81. The smallest absolute Gasteiger partial charge is 0.323 e. The van der Waals surface area contributed by atoms with Crippen LogP contribution in [-0.4, -0.2) is 23.7 Å². The molecule has 0 aliphatic heterocycles. The molecule has 0 atom stereocenters. The maximum absolute atomic E-state index is 11.1. The highest BCUT2D eigenvalue weighted by Crippen LogP contribution is 2.16. The zero-order chi connectivity index (χ0) is 12.7. The highest BCUT2D eigenvalue weighted by molar-refractivity contribution is 9.10. The number of carboxylic acid groups (broad SMARTS) is 1. The van der Waals surface area contributed by atoms with Crippen LogP contribution in [-0.2, 0) is 4.79 Å². The lowest BCUT2D eigenvalue weighted by Crippen LogP contribution is -2.35. The minimum Gasteiger partial charge on any atom is -0.480 e. The predicted molar refractivity (Wildman–Crippen MR) is 67.3 cm³/mol. The first-order valence-electron chi connectivity index (χ1n) is 4.77. The molecule has 90 valence electrons. The summed E-state index contributed by atoms with van der Waals surface area (Å²) in [5, 5.41) is 12.9. The van der Waals surface area contributed by atoms with Crippen LogP contribution in [0, 0.1) is 0 Å². The summed E-state index contributed by atoms with van der Waals surface area (Å²) in [4.78, 5) is 21.3. The molecule has 6 heteroatoms. The van der Waals surface area contributed by atoms with Gasteiger partial charge in [0, 0.05) is 10.7 Å². The third-order valence-corrected chi connectivity index (χ3v) is 2.50. The van der Waals surface area contributed by atoms with Gasteiger partial charge in [-0.2, -0.15) is 0 Å². The van der Waals surface area contributed by atoms with E-state index >= 15 is 0 Å². The van der Waals surface area contributed by atoms with Gasteiger partial charge in [0.1, 0.15) is 6.54 Å². The molecular formula is C11H11BrN2O3. The maximum Gasteiger partial charge on any atom is 0.323 e. The molecule has 0 heterocycles. The van der Waals surface area contributed by atoms with Gasteiger partial charge in [-0.15, -0.1) is 0 Å². The molecule has 0 aliphatic rings. The first-order valence-corrected chi connectivity index (χ1v) is 5.56. The average molecular weight is 299 g/mol. The third-order valence-electron chi connectivity index (χ3n) is 1.78. The molecule has 0 bridgehead atoms. The van der Waals surface area contributed by atoms with Crippen LogP contribution >= 0.6 is 15.9 Å². The molecule has 0 unspecified atom stereocenters. The summed E-state index contributed by atoms with van der Waals surface area (Å²) in [6.07, 6.45) is 3.14. The topological polar surface area (TPSA) is 78.4 Å². The van der Waals surface area contributed by atoms with Crippen LogP contribution in [0.3, 0.4) is 0 Å². The van der Waals surface area contributed by atoms with Crippen molar-refractivity contribution in [3.05, 3.63) is 40.5 Å². The Balaban J connectivity index is 2.43. The number of carboxylic acids is 1. The van der Waals surface area contributed by atoms with Crippen molar-refractivity contribution >= 4 is 34.0 Å². The maximum atomic E-state index is 11.1. The van der Waals surface area contributed by atoms with Gasteiger partial charge in [0.15, 0.2) is 0 Å². The second-order valence-corrected chi connectivity index (χ2v) is 3.93. The molecule has 17 heavy (non-hydrogen) atoms. The van der Waals surface area contributed by atoms with E-state index in [2.05, 4.69) is 26.6 Å². The normalized spacial score (nSPS) is 10.2. The number of aliphatic carboxylic acids is 1. The van der Waals surface area contributed by atoms with Gasteiger partial charge in [-0.1, -0.05) is 34.1 Å². The van der Waals surface area contributed by atoms with Crippen LogP contribution in [0.4, 0.5) is 4.79 Å². The number of hydrogen-bond donors (Lipinski definition) is 3. The van der Waals surface area contributed by atoms with Crippen molar-refractivity contribution < 1.29 is 14.7 Å². The SMILES string of the molecule is O=C(O)CNC(=O)N/C=C/c1ccccc1Br. The van der Waals surface area contributed by atoms with E-state index in [4.69, 9.17) is 5.11 Å². The quantitative estimate of drug-likeness (QED) is 0.793. The van der Waals surface area contributed by atoms with Crippen LogP contribution in [0.15, 0.2) is 34.9 Å². The molecule has 0 saturated heterocycles. The van der Waals surface area contributed by atoms with Gasteiger partial charge in [0.05, 0.1) is 0 Å². The summed E-state index contributed by atoms with van der Waals surface area (Å²) < 4.78 is 0.906. The van der Waals surface area contributed by atoms with Crippen LogP contribution in [0.1, 0.15) is 5.56 Å². The minimum atomic E-state index is -1.09. The Morgan fingerprint density at radius 1 is 1.35 bits per heavy atom. The van der Waals surface area contributed by atoms with Crippen molar-refractivity contribution in [3.8, 4) is 0 Å². The van der Waals surface area contributed by atoms with Crippen LogP contribution in [0.25, 0.3) is 6.08 Å². The Hall–Kier alpha value is -1.82. The second-order valence-electron chi connectivity index (χ2n) is 3.08. The Morgan fingerprint density at radius 2 is 2.06 bits per heavy atom. The van der Waals surface area contributed by atoms with Gasteiger partial charge in [-0.3, -0.25) is 4.79 Å². The van der Waals surface area contributed by atoms with Crippen LogP contribution in [0.2, 0.25) is 0 Å². The van der Waals surface area contributed by atoms with Crippen molar-refractivity contribution in [3.63, 3.8) is 0 Å². The summed E-state index contributed by atoms with van der Waals surface area (Å²) in [6, 6.07) is 6.95. The molecule has 0 aliphatic carbocycles. The van der Waals surface area contributed by atoms with Gasteiger partial charge in [0.2, 0.25) is 0 Å². The van der Waals surface area contributed by atoms with Crippen molar-refractivity contribution in [1.29, 1.82) is 0 Å². The van der Waals surface area contributed by atoms with Gasteiger partial charge >= 0.3 is 12.0 Å². The van der Waals surface area contributed by atoms with E-state index in [1.807, 2.05) is 24.3 Å². The van der Waals surface area contributed by atoms with Crippen molar-refractivity contribution in [1.82, 2.24) is 10.6 Å². The first-order chi connectivity index (χ1) is 8.09. The molecule has 0 saturated carbocycles. The number of rotatable bonds is 4. The molecule has 1 aromatic rings. The van der Waals surface area contributed by atoms with E-state index in [-0.39, 0.29) is 0 Å². The molecule has 1 aromatic carbocycles. The van der Waals surface area contributed by atoms with E-state index in [1.165, 1.54) is 6.20 Å². The molecule has 0 radical (unpaired) electrons. The van der Waals surface area contributed by atoms with E-state index in [0.717, 1.165) is 10.0 Å². The van der Waals surface area contributed by atoms with Gasteiger partial charge in [0.25, 0.3) is 0 Å². The highest BCUT2D eigenvalue weighted by Gasteiger charge is 2.00. The molecule has 2 amide bonds. The second kappa shape index (κ2) is 6.70. The number of nitrogens with one attached hydrogen (secondary N) is 2. The number of amides is 2. The third kappa shape index (κ3) is 5.17. The Bertz CT molecular complexity index is 446.